The second-order valence-electron chi connectivity index (χ2n) is 7.84. The van der Waals surface area contributed by atoms with Crippen LogP contribution >= 0.6 is 12.4 Å². The van der Waals surface area contributed by atoms with Crippen molar-refractivity contribution in [2.24, 2.45) is 0 Å². The Hall–Kier alpha value is -3.28. The summed E-state index contributed by atoms with van der Waals surface area (Å²) in [5.74, 6) is -0.985. The van der Waals surface area contributed by atoms with E-state index in [-0.39, 0.29) is 23.0 Å². The SMILES string of the molecule is CNCc1cn(S(=O)(=O)c2ccc(OC(F)(F)F)cc2)c2cc(Nc3ccc(C)cc3F)ccc12.Cl. The predicted molar refractivity (Wildman–Crippen MR) is 132 cm³/mol. The van der Waals surface area contributed by atoms with E-state index in [9.17, 15) is 26.0 Å². The van der Waals surface area contributed by atoms with Gasteiger partial charge in [0.05, 0.1) is 16.1 Å². The predicted octanol–water partition coefficient (Wildman–Crippen LogP) is 6.11. The molecule has 12 heteroatoms. The van der Waals surface area contributed by atoms with Crippen LogP contribution in [0, 0.1) is 12.7 Å². The summed E-state index contributed by atoms with van der Waals surface area (Å²) in [4.78, 5) is -0.220. The maximum Gasteiger partial charge on any atom is 0.573 e. The molecule has 0 unspecified atom stereocenters. The second kappa shape index (κ2) is 10.4. The number of anilines is 2. The van der Waals surface area contributed by atoms with Crippen LogP contribution in [0.2, 0.25) is 0 Å². The first-order valence-electron chi connectivity index (χ1n) is 10.4. The van der Waals surface area contributed by atoms with Crippen molar-refractivity contribution >= 4 is 44.7 Å². The van der Waals surface area contributed by atoms with Gasteiger partial charge in [-0.05, 0) is 73.6 Å². The summed E-state index contributed by atoms with van der Waals surface area (Å²) in [6.07, 6.45) is -3.44. The molecule has 0 radical (unpaired) electrons. The maximum absolute atomic E-state index is 14.3. The number of alkyl halides is 3. The summed E-state index contributed by atoms with van der Waals surface area (Å²) in [6, 6.07) is 13.7. The van der Waals surface area contributed by atoms with Crippen molar-refractivity contribution in [3.05, 3.63) is 83.8 Å². The molecule has 0 aliphatic carbocycles. The van der Waals surface area contributed by atoms with Crippen LogP contribution in [0.5, 0.6) is 5.75 Å². The third-order valence-corrected chi connectivity index (χ3v) is 6.93. The first-order chi connectivity index (χ1) is 16.5. The van der Waals surface area contributed by atoms with E-state index < -0.39 is 28.0 Å². The minimum absolute atomic E-state index is 0. The van der Waals surface area contributed by atoms with E-state index in [1.807, 2.05) is 0 Å². The molecule has 0 aliphatic rings. The highest BCUT2D eigenvalue weighted by atomic mass is 35.5. The standard InChI is InChI=1S/C24H21F4N3O3S.ClH/c1-15-3-10-22(21(25)11-15)30-17-4-9-20-16(13-29-2)14-31(23(20)12-17)35(32,33)19-7-5-18(6-8-19)34-24(26,27)28;/h3-12,14,29-30H,13H2,1-2H3;1H. The lowest BCUT2D eigenvalue weighted by atomic mass is 10.1. The Balaban J connectivity index is 0.00000361. The molecule has 2 N–H and O–H groups in total. The molecule has 0 bridgehead atoms. The number of aryl methyl sites for hydroxylation is 1. The Morgan fingerprint density at radius 1 is 1.00 bits per heavy atom. The van der Waals surface area contributed by atoms with Gasteiger partial charge in [-0.2, -0.15) is 0 Å². The van der Waals surface area contributed by atoms with Gasteiger partial charge in [-0.25, -0.2) is 16.8 Å². The number of aromatic nitrogens is 1. The van der Waals surface area contributed by atoms with Gasteiger partial charge in [-0.3, -0.25) is 0 Å². The highest BCUT2D eigenvalue weighted by Crippen LogP contribution is 2.31. The fourth-order valence-electron chi connectivity index (χ4n) is 3.68. The third-order valence-electron chi connectivity index (χ3n) is 5.24. The Morgan fingerprint density at radius 2 is 1.69 bits per heavy atom. The van der Waals surface area contributed by atoms with Gasteiger partial charge in [-0.15, -0.1) is 25.6 Å². The van der Waals surface area contributed by atoms with Crippen molar-refractivity contribution in [3.8, 4) is 5.75 Å². The highest BCUT2D eigenvalue weighted by Gasteiger charge is 2.31. The minimum Gasteiger partial charge on any atom is -0.406 e. The van der Waals surface area contributed by atoms with Gasteiger partial charge in [0.15, 0.2) is 0 Å². The van der Waals surface area contributed by atoms with Gasteiger partial charge in [0.25, 0.3) is 10.0 Å². The first kappa shape index (κ1) is 27.3. The van der Waals surface area contributed by atoms with E-state index in [0.29, 0.717) is 28.7 Å². The van der Waals surface area contributed by atoms with Crippen LogP contribution < -0.4 is 15.4 Å². The molecule has 1 aromatic heterocycles. The topological polar surface area (TPSA) is 72.4 Å². The number of rotatable bonds is 7. The van der Waals surface area contributed by atoms with Crippen LogP contribution in [-0.4, -0.2) is 25.8 Å². The number of hydrogen-bond donors (Lipinski definition) is 2. The summed E-state index contributed by atoms with van der Waals surface area (Å²) >= 11 is 0. The smallest absolute Gasteiger partial charge is 0.406 e. The largest absolute Gasteiger partial charge is 0.573 e. The third kappa shape index (κ3) is 5.75. The van der Waals surface area contributed by atoms with Crippen LogP contribution in [-0.2, 0) is 16.6 Å². The summed E-state index contributed by atoms with van der Waals surface area (Å²) in [6.45, 7) is 2.14. The van der Waals surface area contributed by atoms with Gasteiger partial charge >= 0.3 is 6.36 Å². The number of nitrogens with zero attached hydrogens (tertiary/aromatic N) is 1. The molecular formula is C24H22ClF4N3O3S. The lowest BCUT2D eigenvalue weighted by Gasteiger charge is -2.12. The van der Waals surface area contributed by atoms with Gasteiger partial charge in [0.2, 0.25) is 0 Å². The Bertz CT molecular complexity index is 1490. The molecule has 0 amide bonds. The molecule has 36 heavy (non-hydrogen) atoms. The van der Waals surface area contributed by atoms with Gasteiger partial charge in [0, 0.05) is 23.8 Å². The molecule has 0 spiro atoms. The zero-order chi connectivity index (χ0) is 25.4. The summed E-state index contributed by atoms with van der Waals surface area (Å²) in [5.41, 5.74) is 2.46. The molecule has 0 fully saturated rings. The van der Waals surface area contributed by atoms with Crippen molar-refractivity contribution in [2.45, 2.75) is 24.7 Å². The van der Waals surface area contributed by atoms with Gasteiger partial charge < -0.3 is 15.4 Å². The first-order valence-corrected chi connectivity index (χ1v) is 11.8. The van der Waals surface area contributed by atoms with Crippen molar-refractivity contribution in [1.82, 2.24) is 9.29 Å². The number of halogens is 5. The zero-order valence-corrected chi connectivity index (χ0v) is 20.7. The van der Waals surface area contributed by atoms with Gasteiger partial charge in [0.1, 0.15) is 11.6 Å². The molecule has 6 nitrogen and oxygen atoms in total. The molecule has 0 saturated carbocycles. The lowest BCUT2D eigenvalue weighted by molar-refractivity contribution is -0.274. The average molecular weight is 544 g/mol. The molecule has 1 heterocycles. The number of hydrogen-bond acceptors (Lipinski definition) is 5. The van der Waals surface area contributed by atoms with Gasteiger partial charge in [-0.1, -0.05) is 12.1 Å². The van der Waals surface area contributed by atoms with Crippen LogP contribution in [0.3, 0.4) is 0 Å². The summed E-state index contributed by atoms with van der Waals surface area (Å²) < 4.78 is 83.4. The lowest BCUT2D eigenvalue weighted by Crippen LogP contribution is -2.17. The number of benzene rings is 3. The van der Waals surface area contributed by atoms with Crippen molar-refractivity contribution in [3.63, 3.8) is 0 Å². The average Bonchev–Trinajstić information content (AvgIpc) is 3.14. The molecule has 0 aliphatic heterocycles. The molecule has 3 aromatic carbocycles. The molecule has 192 valence electrons. The van der Waals surface area contributed by atoms with E-state index in [4.69, 9.17) is 0 Å². The summed E-state index contributed by atoms with van der Waals surface area (Å²) in [7, 11) is -2.46. The van der Waals surface area contributed by atoms with Crippen LogP contribution in [0.15, 0.2) is 71.8 Å². The Labute approximate surface area is 211 Å². The van der Waals surface area contributed by atoms with Crippen LogP contribution in [0.25, 0.3) is 10.9 Å². The monoisotopic (exact) mass is 543 g/mol. The molecule has 4 aromatic rings. The molecular weight excluding hydrogens is 522 g/mol. The van der Waals surface area contributed by atoms with E-state index in [1.54, 1.807) is 44.3 Å². The second-order valence-corrected chi connectivity index (χ2v) is 9.66. The quantitative estimate of drug-likeness (QED) is 0.275. The fourth-order valence-corrected chi connectivity index (χ4v) is 5.06. The number of fused-ring (bicyclic) bond motifs is 1. The Morgan fingerprint density at radius 3 is 2.31 bits per heavy atom. The minimum atomic E-state index is -4.89. The maximum atomic E-state index is 14.3. The van der Waals surface area contributed by atoms with E-state index >= 15 is 0 Å². The van der Waals surface area contributed by atoms with E-state index in [1.165, 1.54) is 12.3 Å². The van der Waals surface area contributed by atoms with Crippen molar-refractivity contribution < 1.29 is 30.7 Å². The Kier molecular flexibility index (Phi) is 7.87. The molecule has 4 rings (SSSR count). The number of nitrogens with one attached hydrogen (secondary N) is 2. The highest BCUT2D eigenvalue weighted by molar-refractivity contribution is 7.90. The van der Waals surface area contributed by atoms with Crippen molar-refractivity contribution in [2.75, 3.05) is 12.4 Å². The van der Waals surface area contributed by atoms with Crippen molar-refractivity contribution in [1.29, 1.82) is 0 Å². The van der Waals surface area contributed by atoms with E-state index in [2.05, 4.69) is 15.4 Å². The normalized spacial score (nSPS) is 11.8. The molecule has 0 atom stereocenters. The fraction of sp³-hybridized carbons (Fsp3) is 0.167. The summed E-state index contributed by atoms with van der Waals surface area (Å²) in [5, 5.41) is 6.59. The number of ether oxygens (including phenoxy) is 1. The molecule has 0 saturated heterocycles. The van der Waals surface area contributed by atoms with Crippen LogP contribution in [0.1, 0.15) is 11.1 Å². The van der Waals surface area contributed by atoms with E-state index in [0.717, 1.165) is 33.8 Å². The van der Waals surface area contributed by atoms with Crippen LogP contribution in [0.4, 0.5) is 28.9 Å². The zero-order valence-electron chi connectivity index (χ0n) is 19.1.